The Morgan fingerprint density at radius 1 is 1.25 bits per heavy atom. The van der Waals surface area contributed by atoms with Crippen molar-refractivity contribution in [3.8, 4) is 0 Å². The van der Waals surface area contributed by atoms with E-state index in [1.54, 1.807) is 0 Å². The number of carbonyl (C=O) groups excluding carboxylic acids is 1. The third-order valence-corrected chi connectivity index (χ3v) is 5.47. The van der Waals surface area contributed by atoms with Crippen LogP contribution >= 0.6 is 0 Å². The zero-order chi connectivity index (χ0) is 14.6. The fraction of sp³-hybridized carbons (Fsp3) is 0.938. The van der Waals surface area contributed by atoms with Crippen LogP contribution in [0.15, 0.2) is 0 Å². The van der Waals surface area contributed by atoms with E-state index in [0.29, 0.717) is 6.54 Å². The minimum atomic E-state index is -0.147. The van der Waals surface area contributed by atoms with Crippen molar-refractivity contribution in [2.45, 2.75) is 64.3 Å². The number of nitrogens with two attached hydrogens (primary N) is 1. The molecule has 0 atom stereocenters. The smallest absolute Gasteiger partial charge is 0.317 e. The Hall–Kier alpha value is -0.770. The molecule has 1 saturated carbocycles. The van der Waals surface area contributed by atoms with E-state index >= 15 is 0 Å². The van der Waals surface area contributed by atoms with E-state index in [9.17, 15) is 4.79 Å². The van der Waals surface area contributed by atoms with Crippen molar-refractivity contribution in [1.82, 2.24) is 10.2 Å². The molecule has 1 aliphatic heterocycles. The predicted octanol–water partition coefficient (Wildman–Crippen LogP) is 2.73. The molecule has 0 spiro atoms. The molecule has 0 aromatic carbocycles. The number of piperidine rings is 1. The van der Waals surface area contributed by atoms with Crippen molar-refractivity contribution in [2.24, 2.45) is 17.6 Å². The highest BCUT2D eigenvalue weighted by molar-refractivity contribution is 5.75. The van der Waals surface area contributed by atoms with Crippen LogP contribution in [-0.2, 0) is 0 Å². The zero-order valence-corrected chi connectivity index (χ0v) is 13.2. The normalized spacial score (nSPS) is 32.1. The van der Waals surface area contributed by atoms with Crippen molar-refractivity contribution in [3.05, 3.63) is 0 Å². The van der Waals surface area contributed by atoms with E-state index in [0.717, 1.165) is 50.6 Å². The van der Waals surface area contributed by atoms with Gasteiger partial charge in [-0.25, -0.2) is 4.79 Å². The highest BCUT2D eigenvalue weighted by Crippen LogP contribution is 2.33. The molecule has 1 saturated heterocycles. The molecular weight excluding hydrogens is 250 g/mol. The minimum Gasteiger partial charge on any atom is -0.331 e. The predicted molar refractivity (Wildman–Crippen MR) is 82.5 cm³/mol. The van der Waals surface area contributed by atoms with Crippen LogP contribution in [0.4, 0.5) is 4.79 Å². The Balaban J connectivity index is 1.88. The standard InChI is InChI=1S/C16H31N3O/c1-3-14-4-8-16(12-17,9-5-14)18-15(20)19-10-6-13(2)7-11-19/h13-14H,3-12,17H2,1-2H3,(H,18,20). The van der Waals surface area contributed by atoms with Crippen molar-refractivity contribution in [1.29, 1.82) is 0 Å². The Kier molecular flexibility index (Phi) is 5.30. The Morgan fingerprint density at radius 2 is 1.85 bits per heavy atom. The number of carbonyl (C=O) groups is 1. The third kappa shape index (κ3) is 3.66. The second kappa shape index (κ2) is 6.79. The molecule has 3 N–H and O–H groups in total. The highest BCUT2D eigenvalue weighted by atomic mass is 16.2. The van der Waals surface area contributed by atoms with Gasteiger partial charge in [0.05, 0.1) is 5.54 Å². The maximum Gasteiger partial charge on any atom is 0.317 e. The van der Waals surface area contributed by atoms with Crippen LogP contribution in [0.3, 0.4) is 0 Å². The molecule has 0 unspecified atom stereocenters. The van der Waals surface area contributed by atoms with Gasteiger partial charge in [0.2, 0.25) is 0 Å². The van der Waals surface area contributed by atoms with Crippen LogP contribution in [-0.4, -0.2) is 36.1 Å². The molecule has 2 aliphatic rings. The molecule has 1 aliphatic carbocycles. The van der Waals surface area contributed by atoms with E-state index in [1.165, 1.54) is 19.3 Å². The topological polar surface area (TPSA) is 58.4 Å². The fourth-order valence-corrected chi connectivity index (χ4v) is 3.54. The Bertz CT molecular complexity index is 316. The van der Waals surface area contributed by atoms with Crippen LogP contribution in [0, 0.1) is 11.8 Å². The molecule has 2 amide bonds. The molecular formula is C16H31N3O. The molecule has 1 heterocycles. The number of hydrogen-bond acceptors (Lipinski definition) is 2. The van der Waals surface area contributed by atoms with Gasteiger partial charge in [0.1, 0.15) is 0 Å². The van der Waals surface area contributed by atoms with Gasteiger partial charge in [0.15, 0.2) is 0 Å². The van der Waals surface area contributed by atoms with Crippen LogP contribution in [0.2, 0.25) is 0 Å². The Morgan fingerprint density at radius 3 is 2.35 bits per heavy atom. The lowest BCUT2D eigenvalue weighted by molar-refractivity contribution is 0.143. The molecule has 116 valence electrons. The van der Waals surface area contributed by atoms with E-state index in [1.807, 2.05) is 4.90 Å². The molecule has 0 aromatic rings. The molecule has 0 aromatic heterocycles. The first-order chi connectivity index (χ1) is 9.58. The Labute approximate surface area is 123 Å². The molecule has 2 rings (SSSR count). The van der Waals surface area contributed by atoms with Crippen molar-refractivity contribution < 1.29 is 4.79 Å². The average Bonchev–Trinajstić information content (AvgIpc) is 2.48. The summed E-state index contributed by atoms with van der Waals surface area (Å²) in [5.41, 5.74) is 5.84. The second-order valence-electron chi connectivity index (χ2n) is 6.94. The first-order valence-electron chi connectivity index (χ1n) is 8.35. The SMILES string of the molecule is CCC1CCC(CN)(NC(=O)N2CCC(C)CC2)CC1. The van der Waals surface area contributed by atoms with Crippen molar-refractivity contribution in [2.75, 3.05) is 19.6 Å². The number of nitrogens with one attached hydrogen (secondary N) is 1. The number of urea groups is 1. The first kappa shape index (κ1) is 15.6. The van der Waals surface area contributed by atoms with Gasteiger partial charge in [-0.2, -0.15) is 0 Å². The monoisotopic (exact) mass is 281 g/mol. The van der Waals surface area contributed by atoms with Gasteiger partial charge in [-0.15, -0.1) is 0 Å². The molecule has 20 heavy (non-hydrogen) atoms. The average molecular weight is 281 g/mol. The van der Waals surface area contributed by atoms with Crippen LogP contribution in [0.5, 0.6) is 0 Å². The second-order valence-corrected chi connectivity index (χ2v) is 6.94. The summed E-state index contributed by atoms with van der Waals surface area (Å²) in [5.74, 6) is 1.57. The number of rotatable bonds is 3. The summed E-state index contributed by atoms with van der Waals surface area (Å²) >= 11 is 0. The third-order valence-electron chi connectivity index (χ3n) is 5.47. The summed E-state index contributed by atoms with van der Waals surface area (Å²) < 4.78 is 0. The van der Waals surface area contributed by atoms with Gasteiger partial charge in [-0.05, 0) is 50.4 Å². The molecule has 2 fully saturated rings. The summed E-state index contributed by atoms with van der Waals surface area (Å²) in [6, 6.07) is 0.109. The summed E-state index contributed by atoms with van der Waals surface area (Å²) in [7, 11) is 0. The van der Waals surface area contributed by atoms with Crippen molar-refractivity contribution in [3.63, 3.8) is 0 Å². The summed E-state index contributed by atoms with van der Waals surface area (Å²) in [6.45, 7) is 6.88. The molecule has 4 heteroatoms. The molecule has 4 nitrogen and oxygen atoms in total. The van der Waals surface area contributed by atoms with Gasteiger partial charge in [0, 0.05) is 19.6 Å². The first-order valence-corrected chi connectivity index (χ1v) is 8.35. The van der Waals surface area contributed by atoms with Gasteiger partial charge >= 0.3 is 6.03 Å². The number of amides is 2. The summed E-state index contributed by atoms with van der Waals surface area (Å²) in [5, 5.41) is 3.27. The van der Waals surface area contributed by atoms with Gasteiger partial charge < -0.3 is 16.0 Å². The van der Waals surface area contributed by atoms with Crippen LogP contribution in [0.1, 0.15) is 58.8 Å². The van der Waals surface area contributed by atoms with E-state index < -0.39 is 0 Å². The summed E-state index contributed by atoms with van der Waals surface area (Å²) in [6.07, 6.45) is 7.98. The maximum atomic E-state index is 12.4. The number of hydrogen-bond donors (Lipinski definition) is 2. The van der Waals surface area contributed by atoms with Crippen molar-refractivity contribution >= 4 is 6.03 Å². The highest BCUT2D eigenvalue weighted by Gasteiger charge is 2.36. The van der Waals surface area contributed by atoms with E-state index in [4.69, 9.17) is 5.73 Å². The quantitative estimate of drug-likeness (QED) is 0.835. The largest absolute Gasteiger partial charge is 0.331 e. The van der Waals surface area contributed by atoms with Crippen LogP contribution < -0.4 is 11.1 Å². The van der Waals surface area contributed by atoms with Crippen LogP contribution in [0.25, 0.3) is 0 Å². The molecule has 0 bridgehead atoms. The fourth-order valence-electron chi connectivity index (χ4n) is 3.54. The van der Waals surface area contributed by atoms with E-state index in [2.05, 4.69) is 19.2 Å². The number of nitrogens with zero attached hydrogens (tertiary/aromatic N) is 1. The van der Waals surface area contributed by atoms with Gasteiger partial charge in [-0.3, -0.25) is 0 Å². The van der Waals surface area contributed by atoms with E-state index in [-0.39, 0.29) is 11.6 Å². The maximum absolute atomic E-state index is 12.4. The zero-order valence-electron chi connectivity index (χ0n) is 13.2. The lowest BCUT2D eigenvalue weighted by Gasteiger charge is -2.42. The minimum absolute atomic E-state index is 0.109. The van der Waals surface area contributed by atoms with Gasteiger partial charge in [-0.1, -0.05) is 20.3 Å². The lowest BCUT2D eigenvalue weighted by atomic mass is 9.75. The lowest BCUT2D eigenvalue weighted by Crippen LogP contribution is -2.59. The number of likely N-dealkylation sites (tertiary alicyclic amines) is 1. The summed E-state index contributed by atoms with van der Waals surface area (Å²) in [4.78, 5) is 14.4. The van der Waals surface area contributed by atoms with Gasteiger partial charge in [0.25, 0.3) is 0 Å². The molecule has 0 radical (unpaired) electrons.